The van der Waals surface area contributed by atoms with Crippen molar-refractivity contribution >= 4 is 11.7 Å². The molecule has 0 bridgehead atoms. The van der Waals surface area contributed by atoms with Gasteiger partial charge in [-0.25, -0.2) is 13.8 Å². The summed E-state index contributed by atoms with van der Waals surface area (Å²) in [7, 11) is 1.63. The number of aryl methyl sites for hydroxylation is 1. The summed E-state index contributed by atoms with van der Waals surface area (Å²) in [5, 5.41) is 11.1. The third-order valence-corrected chi connectivity index (χ3v) is 7.05. The number of oxazole rings is 1. The minimum Gasteiger partial charge on any atom is -0.447 e. The van der Waals surface area contributed by atoms with Gasteiger partial charge < -0.3 is 14.4 Å². The summed E-state index contributed by atoms with van der Waals surface area (Å²) in [5.74, 6) is -1.94. The number of benzene rings is 2. The summed E-state index contributed by atoms with van der Waals surface area (Å²) >= 11 is 0. The summed E-state index contributed by atoms with van der Waals surface area (Å²) in [4.78, 5) is 32.0. The number of hydrogen-bond donors (Lipinski definition) is 1. The number of hydrogen-bond acceptors (Lipinski definition) is 5. The lowest BCUT2D eigenvalue weighted by atomic mass is 9.81. The van der Waals surface area contributed by atoms with E-state index in [1.54, 1.807) is 38.2 Å². The Morgan fingerprint density at radius 3 is 2.43 bits per heavy atom. The predicted molar refractivity (Wildman–Crippen MR) is 134 cm³/mol. The van der Waals surface area contributed by atoms with Crippen molar-refractivity contribution in [3.05, 3.63) is 88.6 Å². The monoisotopic (exact) mass is 510 g/mol. The molecule has 0 radical (unpaired) electrons. The molecule has 1 N–H and O–H groups in total. The molecule has 2 aromatic carbocycles. The first kappa shape index (κ1) is 26.7. The number of Topliss-reactive ketones (excluding diaryl/α,β-unsaturated/α-hetero) is 1. The van der Waals surface area contributed by atoms with Gasteiger partial charge in [0.15, 0.2) is 5.78 Å². The molecule has 0 unspecified atom stereocenters. The molecule has 1 aliphatic rings. The van der Waals surface area contributed by atoms with Crippen LogP contribution in [-0.2, 0) is 13.0 Å². The molecule has 0 saturated heterocycles. The maximum atomic E-state index is 13.8. The van der Waals surface area contributed by atoms with Crippen LogP contribution in [-0.4, -0.2) is 39.8 Å². The standard InChI is InChI=1S/C29H32F2N2O4/c1-18-17-37-27(32-18)16-33(2)29(36)22-9-5-8-21(13-22)26(34)14-23(28(35)20-6-3-4-7-20)10-19-11-24(30)15-25(31)12-19/h5,8-9,11-13,15,17,20,23,28,35H,3-4,6-7,10,14,16H2,1-2H3/t23-,28-/m1/s1. The first-order valence-electron chi connectivity index (χ1n) is 12.6. The number of aromatic nitrogens is 1. The zero-order chi connectivity index (χ0) is 26.5. The molecular formula is C29H32F2N2O4. The lowest BCUT2D eigenvalue weighted by Crippen LogP contribution is -2.31. The number of rotatable bonds is 10. The smallest absolute Gasteiger partial charge is 0.254 e. The fourth-order valence-corrected chi connectivity index (χ4v) is 5.18. The molecule has 4 rings (SSSR count). The van der Waals surface area contributed by atoms with Crippen LogP contribution in [0.3, 0.4) is 0 Å². The minimum absolute atomic E-state index is 0.00112. The first-order valence-corrected chi connectivity index (χ1v) is 12.6. The number of ketones is 1. The van der Waals surface area contributed by atoms with Gasteiger partial charge in [0.25, 0.3) is 5.91 Å². The molecule has 1 fully saturated rings. The zero-order valence-electron chi connectivity index (χ0n) is 21.1. The quantitative estimate of drug-likeness (QED) is 0.363. The van der Waals surface area contributed by atoms with Gasteiger partial charge in [-0.3, -0.25) is 9.59 Å². The molecule has 1 aliphatic carbocycles. The summed E-state index contributed by atoms with van der Waals surface area (Å²) in [6.07, 6.45) is 4.69. The number of amides is 1. The molecule has 0 aliphatic heterocycles. The highest BCUT2D eigenvalue weighted by atomic mass is 19.1. The molecule has 1 saturated carbocycles. The first-order chi connectivity index (χ1) is 17.7. The topological polar surface area (TPSA) is 83.6 Å². The van der Waals surface area contributed by atoms with Gasteiger partial charge in [-0.15, -0.1) is 0 Å². The Kier molecular flexibility index (Phi) is 8.48. The molecule has 8 heteroatoms. The van der Waals surface area contributed by atoms with Crippen LogP contribution in [0.25, 0.3) is 0 Å². The van der Waals surface area contributed by atoms with Crippen molar-refractivity contribution in [1.82, 2.24) is 9.88 Å². The minimum atomic E-state index is -0.766. The summed E-state index contributed by atoms with van der Waals surface area (Å²) in [6.45, 7) is 1.98. The maximum absolute atomic E-state index is 13.8. The zero-order valence-corrected chi connectivity index (χ0v) is 21.1. The third kappa shape index (κ3) is 6.89. The third-order valence-electron chi connectivity index (χ3n) is 7.05. The van der Waals surface area contributed by atoms with E-state index in [1.165, 1.54) is 23.3 Å². The lowest BCUT2D eigenvalue weighted by Gasteiger charge is -2.27. The van der Waals surface area contributed by atoms with Crippen molar-refractivity contribution in [2.24, 2.45) is 11.8 Å². The number of aliphatic hydroxyl groups is 1. The van der Waals surface area contributed by atoms with Crippen molar-refractivity contribution in [2.45, 2.75) is 58.1 Å². The Hall–Kier alpha value is -3.39. The van der Waals surface area contributed by atoms with Crippen LogP contribution in [0.5, 0.6) is 0 Å². The van der Waals surface area contributed by atoms with Crippen LogP contribution in [0.1, 0.15) is 70.0 Å². The van der Waals surface area contributed by atoms with E-state index < -0.39 is 23.7 Å². The molecule has 37 heavy (non-hydrogen) atoms. The van der Waals surface area contributed by atoms with Gasteiger partial charge in [0, 0.05) is 30.7 Å². The SMILES string of the molecule is Cc1coc(CN(C)C(=O)c2cccc(C(=O)C[C@@H](Cc3cc(F)cc(F)c3)[C@H](O)C3CCCC3)c2)n1. The van der Waals surface area contributed by atoms with E-state index in [0.29, 0.717) is 22.6 Å². The number of halogens is 2. The maximum Gasteiger partial charge on any atom is 0.254 e. The molecular weight excluding hydrogens is 478 g/mol. The van der Waals surface area contributed by atoms with Crippen molar-refractivity contribution in [1.29, 1.82) is 0 Å². The highest BCUT2D eigenvalue weighted by molar-refractivity contribution is 6.00. The Morgan fingerprint density at radius 2 is 1.78 bits per heavy atom. The van der Waals surface area contributed by atoms with Crippen molar-refractivity contribution in [3.63, 3.8) is 0 Å². The van der Waals surface area contributed by atoms with E-state index in [9.17, 15) is 23.5 Å². The van der Waals surface area contributed by atoms with Crippen molar-refractivity contribution in [2.75, 3.05) is 7.05 Å². The van der Waals surface area contributed by atoms with Gasteiger partial charge in [-0.1, -0.05) is 25.0 Å². The fourth-order valence-electron chi connectivity index (χ4n) is 5.18. The van der Waals surface area contributed by atoms with Crippen LogP contribution < -0.4 is 0 Å². The normalized spacial score (nSPS) is 15.5. The highest BCUT2D eigenvalue weighted by Crippen LogP contribution is 2.34. The van der Waals surface area contributed by atoms with E-state index >= 15 is 0 Å². The van der Waals surface area contributed by atoms with Gasteiger partial charge in [-0.2, -0.15) is 0 Å². The molecule has 3 aromatic rings. The predicted octanol–water partition coefficient (Wildman–Crippen LogP) is 5.52. The molecule has 1 aromatic heterocycles. The van der Waals surface area contributed by atoms with Gasteiger partial charge >= 0.3 is 0 Å². The summed E-state index contributed by atoms with van der Waals surface area (Å²) < 4.78 is 33.0. The molecule has 1 heterocycles. The van der Waals surface area contributed by atoms with Crippen LogP contribution in [0, 0.1) is 30.4 Å². The van der Waals surface area contributed by atoms with Gasteiger partial charge in [-0.05, 0) is 67.9 Å². The average Bonchev–Trinajstić information content (AvgIpc) is 3.54. The summed E-state index contributed by atoms with van der Waals surface area (Å²) in [6, 6.07) is 9.75. The summed E-state index contributed by atoms with van der Waals surface area (Å²) in [5.41, 5.74) is 1.82. The Labute approximate surface area is 215 Å². The van der Waals surface area contributed by atoms with E-state index in [0.717, 1.165) is 37.4 Å². The second-order valence-corrected chi connectivity index (χ2v) is 10.0. The van der Waals surface area contributed by atoms with Gasteiger partial charge in [0.05, 0.1) is 18.3 Å². The van der Waals surface area contributed by atoms with E-state index in [2.05, 4.69) is 4.98 Å². The van der Waals surface area contributed by atoms with Crippen LogP contribution in [0.2, 0.25) is 0 Å². The van der Waals surface area contributed by atoms with E-state index in [-0.39, 0.29) is 37.0 Å². The molecule has 1 amide bonds. The second kappa shape index (κ2) is 11.8. The van der Waals surface area contributed by atoms with E-state index in [4.69, 9.17) is 4.42 Å². The number of nitrogens with zero attached hydrogens (tertiary/aromatic N) is 2. The average molecular weight is 511 g/mol. The van der Waals surface area contributed by atoms with E-state index in [1.807, 2.05) is 0 Å². The highest BCUT2D eigenvalue weighted by Gasteiger charge is 2.32. The van der Waals surface area contributed by atoms with Crippen molar-refractivity contribution in [3.8, 4) is 0 Å². The van der Waals surface area contributed by atoms with Crippen LogP contribution in [0.15, 0.2) is 53.1 Å². The van der Waals surface area contributed by atoms with Crippen LogP contribution in [0.4, 0.5) is 8.78 Å². The molecule has 6 nitrogen and oxygen atoms in total. The Morgan fingerprint density at radius 1 is 1.11 bits per heavy atom. The Bertz CT molecular complexity index is 1230. The number of carbonyl (C=O) groups is 2. The van der Waals surface area contributed by atoms with Crippen molar-refractivity contribution < 1.29 is 27.9 Å². The molecule has 2 atom stereocenters. The fraction of sp³-hybridized carbons (Fsp3) is 0.414. The Balaban J connectivity index is 1.50. The van der Waals surface area contributed by atoms with Gasteiger partial charge in [0.1, 0.15) is 17.9 Å². The lowest BCUT2D eigenvalue weighted by molar-refractivity contribution is 0.0456. The number of aliphatic hydroxyl groups excluding tert-OH is 1. The number of carbonyl (C=O) groups excluding carboxylic acids is 2. The van der Waals surface area contributed by atoms with Crippen LogP contribution >= 0.6 is 0 Å². The molecule has 196 valence electrons. The largest absolute Gasteiger partial charge is 0.447 e. The second-order valence-electron chi connectivity index (χ2n) is 10.0. The molecule has 0 spiro atoms. The van der Waals surface area contributed by atoms with Gasteiger partial charge in [0.2, 0.25) is 5.89 Å².